The van der Waals surface area contributed by atoms with Crippen molar-refractivity contribution in [1.82, 2.24) is 4.57 Å². The van der Waals surface area contributed by atoms with E-state index in [-0.39, 0.29) is 0 Å². The van der Waals surface area contributed by atoms with Gasteiger partial charge < -0.3 is 9.88 Å². The van der Waals surface area contributed by atoms with Crippen LogP contribution in [0.25, 0.3) is 10.9 Å². The highest BCUT2D eigenvalue weighted by atomic mass is 16.1. The Morgan fingerprint density at radius 3 is 2.79 bits per heavy atom. The van der Waals surface area contributed by atoms with E-state index in [4.69, 9.17) is 0 Å². The minimum atomic E-state index is 0.290. The average molecular weight is 256 g/mol. The van der Waals surface area contributed by atoms with Crippen molar-refractivity contribution in [3.8, 4) is 0 Å². The highest BCUT2D eigenvalue weighted by Gasteiger charge is 2.24. The minimum Gasteiger partial charge on any atom is -0.383 e. The number of aromatic nitrogens is 1. The van der Waals surface area contributed by atoms with E-state index in [0.29, 0.717) is 18.2 Å². The summed E-state index contributed by atoms with van der Waals surface area (Å²) in [5, 5.41) is 4.66. The quantitative estimate of drug-likeness (QED) is 0.892. The molecule has 0 aliphatic heterocycles. The predicted molar refractivity (Wildman–Crippen MR) is 78.9 cm³/mol. The fourth-order valence-corrected chi connectivity index (χ4v) is 3.10. The van der Waals surface area contributed by atoms with Crippen LogP contribution in [-0.2, 0) is 13.5 Å². The fraction of sp³-hybridized carbons (Fsp3) is 0.438. The molecule has 1 aliphatic carbocycles. The second-order valence-corrected chi connectivity index (χ2v) is 5.69. The Labute approximate surface area is 113 Å². The zero-order valence-corrected chi connectivity index (χ0v) is 11.8. The maximum Gasteiger partial charge on any atom is 0.179 e. The summed E-state index contributed by atoms with van der Waals surface area (Å²) in [6.07, 6.45) is 2.69. The highest BCUT2D eigenvalue weighted by Crippen LogP contribution is 2.33. The number of fused-ring (bicyclic) bond motifs is 3. The average Bonchev–Trinajstić information content (AvgIpc) is 2.64. The van der Waals surface area contributed by atoms with Gasteiger partial charge in [-0.3, -0.25) is 4.79 Å². The van der Waals surface area contributed by atoms with Crippen LogP contribution < -0.4 is 5.32 Å². The van der Waals surface area contributed by atoms with Gasteiger partial charge in [0.25, 0.3) is 0 Å². The molecule has 1 heterocycles. The van der Waals surface area contributed by atoms with Gasteiger partial charge in [-0.05, 0) is 50.5 Å². The Bertz CT molecular complexity index is 652. The summed E-state index contributed by atoms with van der Waals surface area (Å²) in [5.41, 5.74) is 4.45. The van der Waals surface area contributed by atoms with Gasteiger partial charge in [0.1, 0.15) is 0 Å². The predicted octanol–water partition coefficient (Wildman–Crippen LogP) is 3.52. The lowest BCUT2D eigenvalue weighted by molar-refractivity contribution is 0.0965. The third-order valence-electron chi connectivity index (χ3n) is 3.85. The number of ketones is 1. The van der Waals surface area contributed by atoms with E-state index in [0.717, 1.165) is 29.7 Å². The molecule has 1 aromatic heterocycles. The lowest BCUT2D eigenvalue weighted by Gasteiger charge is -2.12. The van der Waals surface area contributed by atoms with E-state index >= 15 is 0 Å². The SMILES string of the molecule is CC(C)Nc1ccc2c(c1)c1c(n2C)C(=O)CCC1. The lowest BCUT2D eigenvalue weighted by atomic mass is 9.94. The van der Waals surface area contributed by atoms with Crippen molar-refractivity contribution < 1.29 is 4.79 Å². The Hall–Kier alpha value is -1.77. The first kappa shape index (κ1) is 12.3. The third kappa shape index (κ3) is 1.93. The smallest absolute Gasteiger partial charge is 0.179 e. The van der Waals surface area contributed by atoms with E-state index in [1.165, 1.54) is 10.9 Å². The van der Waals surface area contributed by atoms with Gasteiger partial charge in [0.2, 0.25) is 0 Å². The first-order valence-corrected chi connectivity index (χ1v) is 6.99. The first-order valence-electron chi connectivity index (χ1n) is 6.99. The highest BCUT2D eigenvalue weighted by molar-refractivity contribution is 6.04. The van der Waals surface area contributed by atoms with Crippen LogP contribution in [0.2, 0.25) is 0 Å². The largest absolute Gasteiger partial charge is 0.383 e. The van der Waals surface area contributed by atoms with Gasteiger partial charge in [-0.1, -0.05) is 0 Å². The summed E-state index contributed by atoms with van der Waals surface area (Å²) in [4.78, 5) is 12.1. The Kier molecular flexibility index (Phi) is 2.85. The number of hydrogen-bond donors (Lipinski definition) is 1. The van der Waals surface area contributed by atoms with E-state index in [2.05, 4.69) is 41.9 Å². The van der Waals surface area contributed by atoms with Crippen molar-refractivity contribution in [1.29, 1.82) is 0 Å². The molecule has 1 aliphatic rings. The number of nitrogens with one attached hydrogen (secondary N) is 1. The van der Waals surface area contributed by atoms with Gasteiger partial charge in [-0.25, -0.2) is 0 Å². The minimum absolute atomic E-state index is 0.290. The molecule has 0 spiro atoms. The van der Waals surface area contributed by atoms with Crippen molar-refractivity contribution >= 4 is 22.4 Å². The number of carbonyl (C=O) groups excluding carboxylic acids is 1. The molecule has 100 valence electrons. The molecule has 1 aromatic carbocycles. The summed E-state index contributed by atoms with van der Waals surface area (Å²) >= 11 is 0. The molecular formula is C16H20N2O. The number of Topliss-reactive ketones (excluding diaryl/α,β-unsaturated/α-hetero) is 1. The zero-order chi connectivity index (χ0) is 13.6. The fourth-order valence-electron chi connectivity index (χ4n) is 3.10. The van der Waals surface area contributed by atoms with Crippen molar-refractivity contribution in [3.05, 3.63) is 29.5 Å². The van der Waals surface area contributed by atoms with Gasteiger partial charge in [-0.15, -0.1) is 0 Å². The zero-order valence-electron chi connectivity index (χ0n) is 11.8. The molecule has 3 nitrogen and oxygen atoms in total. The second-order valence-electron chi connectivity index (χ2n) is 5.69. The third-order valence-corrected chi connectivity index (χ3v) is 3.85. The van der Waals surface area contributed by atoms with E-state index in [9.17, 15) is 4.79 Å². The normalized spacial score (nSPS) is 15.1. The number of nitrogens with zero attached hydrogens (tertiary/aromatic N) is 1. The van der Waals surface area contributed by atoms with Crippen LogP contribution >= 0.6 is 0 Å². The number of carbonyl (C=O) groups is 1. The van der Waals surface area contributed by atoms with Crippen molar-refractivity contribution in [2.75, 3.05) is 5.32 Å². The molecule has 19 heavy (non-hydrogen) atoms. The maximum atomic E-state index is 12.1. The molecular weight excluding hydrogens is 236 g/mol. The Morgan fingerprint density at radius 2 is 2.05 bits per heavy atom. The van der Waals surface area contributed by atoms with E-state index < -0.39 is 0 Å². The van der Waals surface area contributed by atoms with Gasteiger partial charge in [0.05, 0.1) is 5.69 Å². The molecule has 0 atom stereocenters. The van der Waals surface area contributed by atoms with Crippen LogP contribution in [0.4, 0.5) is 5.69 Å². The molecule has 3 heteroatoms. The van der Waals surface area contributed by atoms with Crippen LogP contribution in [0.1, 0.15) is 42.7 Å². The lowest BCUT2D eigenvalue weighted by Crippen LogP contribution is -2.13. The number of rotatable bonds is 2. The van der Waals surface area contributed by atoms with E-state index in [1.54, 1.807) is 0 Å². The molecule has 0 amide bonds. The molecule has 0 radical (unpaired) electrons. The molecule has 0 saturated carbocycles. The first-order chi connectivity index (χ1) is 9.08. The molecule has 2 aromatic rings. The Balaban J connectivity index is 2.20. The second kappa shape index (κ2) is 4.41. The van der Waals surface area contributed by atoms with Crippen molar-refractivity contribution in [3.63, 3.8) is 0 Å². The monoisotopic (exact) mass is 256 g/mol. The van der Waals surface area contributed by atoms with Crippen LogP contribution in [0.5, 0.6) is 0 Å². The topological polar surface area (TPSA) is 34.0 Å². The Morgan fingerprint density at radius 1 is 1.26 bits per heavy atom. The summed E-state index contributed by atoms with van der Waals surface area (Å²) < 4.78 is 2.06. The van der Waals surface area contributed by atoms with Gasteiger partial charge in [-0.2, -0.15) is 0 Å². The standard InChI is InChI=1S/C16H20N2O/c1-10(2)17-11-7-8-14-13(9-11)12-5-4-6-15(19)16(12)18(14)3/h7-10,17H,4-6H2,1-3H3. The van der Waals surface area contributed by atoms with Gasteiger partial charge >= 0.3 is 0 Å². The van der Waals surface area contributed by atoms with Crippen molar-refractivity contribution in [2.24, 2.45) is 7.05 Å². The number of aryl methyl sites for hydroxylation is 2. The molecule has 0 unspecified atom stereocenters. The summed E-state index contributed by atoms with van der Waals surface area (Å²) in [5.74, 6) is 0.290. The van der Waals surface area contributed by atoms with Crippen molar-refractivity contribution in [2.45, 2.75) is 39.2 Å². The van der Waals surface area contributed by atoms with Crippen LogP contribution in [0, 0.1) is 0 Å². The van der Waals surface area contributed by atoms with Crippen LogP contribution in [0.3, 0.4) is 0 Å². The number of hydrogen-bond acceptors (Lipinski definition) is 2. The molecule has 0 bridgehead atoms. The molecule has 1 N–H and O–H groups in total. The maximum absolute atomic E-state index is 12.1. The summed E-state index contributed by atoms with van der Waals surface area (Å²) in [7, 11) is 2.00. The summed E-state index contributed by atoms with van der Waals surface area (Å²) in [6, 6.07) is 6.81. The molecule has 0 fully saturated rings. The summed E-state index contributed by atoms with van der Waals surface area (Å²) in [6.45, 7) is 4.27. The molecule has 3 rings (SSSR count). The molecule has 0 saturated heterocycles. The number of anilines is 1. The van der Waals surface area contributed by atoms with Crippen LogP contribution in [0.15, 0.2) is 18.2 Å². The van der Waals surface area contributed by atoms with Gasteiger partial charge in [0.15, 0.2) is 5.78 Å². The van der Waals surface area contributed by atoms with Crippen LogP contribution in [-0.4, -0.2) is 16.4 Å². The van der Waals surface area contributed by atoms with E-state index in [1.807, 2.05) is 7.05 Å². The number of benzene rings is 1. The van der Waals surface area contributed by atoms with Gasteiger partial charge in [0, 0.05) is 36.1 Å².